The number of fused-ring (bicyclic) bond motifs is 1. The highest BCUT2D eigenvalue weighted by molar-refractivity contribution is 5.91. The molecule has 0 atom stereocenters. The van der Waals surface area contributed by atoms with Crippen LogP contribution >= 0.6 is 0 Å². The summed E-state index contributed by atoms with van der Waals surface area (Å²) in [4.78, 5) is 11.5. The van der Waals surface area contributed by atoms with Gasteiger partial charge in [0.2, 0.25) is 5.91 Å². The number of benzene rings is 1. The summed E-state index contributed by atoms with van der Waals surface area (Å²) in [7, 11) is 0. The Morgan fingerprint density at radius 2 is 2.44 bits per heavy atom. The van der Waals surface area contributed by atoms with Crippen molar-refractivity contribution in [3.05, 3.63) is 36.4 Å². The molecule has 1 aromatic carbocycles. The summed E-state index contributed by atoms with van der Waals surface area (Å²) in [5.41, 5.74) is 3.35. The van der Waals surface area contributed by atoms with Gasteiger partial charge in [0.25, 0.3) is 0 Å². The van der Waals surface area contributed by atoms with Crippen molar-refractivity contribution in [1.29, 1.82) is 0 Å². The van der Waals surface area contributed by atoms with Crippen LogP contribution in [0.1, 0.15) is 18.4 Å². The predicted octanol–water partition coefficient (Wildman–Crippen LogP) is 2.56. The Morgan fingerprint density at radius 3 is 3.25 bits per heavy atom. The van der Waals surface area contributed by atoms with E-state index in [9.17, 15) is 4.79 Å². The van der Waals surface area contributed by atoms with Gasteiger partial charge in [-0.2, -0.15) is 0 Å². The van der Waals surface area contributed by atoms with Gasteiger partial charge >= 0.3 is 0 Å². The number of hydrogen-bond acceptors (Lipinski definition) is 2. The number of anilines is 2. The average molecular weight is 216 g/mol. The molecule has 1 aliphatic rings. The first-order chi connectivity index (χ1) is 7.79. The topological polar surface area (TPSA) is 41.1 Å². The molecule has 0 radical (unpaired) electrons. The molecule has 3 heteroatoms. The van der Waals surface area contributed by atoms with Crippen LogP contribution in [0.15, 0.2) is 30.9 Å². The third kappa shape index (κ3) is 2.42. The molecule has 2 rings (SSSR count). The fourth-order valence-corrected chi connectivity index (χ4v) is 1.84. The quantitative estimate of drug-likeness (QED) is 0.759. The number of carbonyl (C=O) groups is 1. The van der Waals surface area contributed by atoms with Crippen molar-refractivity contribution in [3.8, 4) is 0 Å². The molecule has 0 aliphatic carbocycles. The minimum Gasteiger partial charge on any atom is -0.384 e. The van der Waals surface area contributed by atoms with E-state index in [1.807, 2.05) is 18.2 Å². The Balaban J connectivity index is 1.99. The predicted molar refractivity (Wildman–Crippen MR) is 66.7 cm³/mol. The van der Waals surface area contributed by atoms with E-state index < -0.39 is 0 Å². The zero-order chi connectivity index (χ0) is 11.4. The van der Waals surface area contributed by atoms with Gasteiger partial charge in [0.05, 0.1) is 0 Å². The average Bonchev–Trinajstić information content (AvgIpc) is 2.73. The van der Waals surface area contributed by atoms with E-state index in [-0.39, 0.29) is 5.91 Å². The first-order valence-electron chi connectivity index (χ1n) is 5.57. The molecule has 2 N–H and O–H groups in total. The summed E-state index contributed by atoms with van der Waals surface area (Å²) in [6, 6.07) is 6.00. The van der Waals surface area contributed by atoms with Crippen molar-refractivity contribution >= 4 is 17.3 Å². The number of hydrogen-bond donors (Lipinski definition) is 2. The molecule has 3 nitrogen and oxygen atoms in total. The molecule has 0 unspecified atom stereocenters. The van der Waals surface area contributed by atoms with Crippen molar-refractivity contribution in [2.75, 3.05) is 17.2 Å². The van der Waals surface area contributed by atoms with Crippen LogP contribution in [-0.2, 0) is 11.2 Å². The maximum atomic E-state index is 11.5. The highest BCUT2D eigenvalue weighted by Gasteiger charge is 2.10. The largest absolute Gasteiger partial charge is 0.384 e. The van der Waals surface area contributed by atoms with Gasteiger partial charge in [-0.15, -0.1) is 6.58 Å². The van der Waals surface area contributed by atoms with Gasteiger partial charge in [-0.25, -0.2) is 0 Å². The second kappa shape index (κ2) is 4.84. The number of amides is 1. The smallest absolute Gasteiger partial charge is 0.224 e. The highest BCUT2D eigenvalue weighted by atomic mass is 16.1. The van der Waals surface area contributed by atoms with E-state index >= 15 is 0 Å². The fourth-order valence-electron chi connectivity index (χ4n) is 1.84. The maximum Gasteiger partial charge on any atom is 0.224 e. The summed E-state index contributed by atoms with van der Waals surface area (Å²) in [5.74, 6) is 0.0470. The molecule has 0 aromatic heterocycles. The Kier molecular flexibility index (Phi) is 3.25. The molecule has 1 aromatic rings. The van der Waals surface area contributed by atoms with E-state index in [1.54, 1.807) is 6.08 Å². The number of rotatable bonds is 4. The molecule has 16 heavy (non-hydrogen) atoms. The van der Waals surface area contributed by atoms with Crippen molar-refractivity contribution < 1.29 is 4.79 Å². The van der Waals surface area contributed by atoms with Crippen LogP contribution in [0.4, 0.5) is 11.4 Å². The van der Waals surface area contributed by atoms with Crippen LogP contribution in [-0.4, -0.2) is 12.5 Å². The molecular weight excluding hydrogens is 200 g/mol. The van der Waals surface area contributed by atoms with Gasteiger partial charge in [0.1, 0.15) is 0 Å². The summed E-state index contributed by atoms with van der Waals surface area (Å²) in [5, 5.41) is 6.18. The second-order valence-corrected chi connectivity index (χ2v) is 3.92. The van der Waals surface area contributed by atoms with Gasteiger partial charge in [-0.1, -0.05) is 6.08 Å². The van der Waals surface area contributed by atoms with Crippen molar-refractivity contribution in [2.45, 2.75) is 19.3 Å². The molecule has 0 bridgehead atoms. The van der Waals surface area contributed by atoms with Crippen molar-refractivity contribution in [1.82, 2.24) is 0 Å². The van der Waals surface area contributed by atoms with Crippen molar-refractivity contribution in [3.63, 3.8) is 0 Å². The molecule has 84 valence electrons. The van der Waals surface area contributed by atoms with Gasteiger partial charge in [-0.3, -0.25) is 4.79 Å². The number of carbonyl (C=O) groups excluding carboxylic acids is 1. The Morgan fingerprint density at radius 1 is 1.56 bits per heavy atom. The lowest BCUT2D eigenvalue weighted by Gasteiger charge is -2.06. The summed E-state index contributed by atoms with van der Waals surface area (Å²) in [6.07, 6.45) is 4.01. The van der Waals surface area contributed by atoms with E-state index in [1.165, 1.54) is 11.3 Å². The van der Waals surface area contributed by atoms with E-state index in [0.717, 1.165) is 25.1 Å². The zero-order valence-corrected chi connectivity index (χ0v) is 9.25. The summed E-state index contributed by atoms with van der Waals surface area (Å²) >= 11 is 0. The van der Waals surface area contributed by atoms with E-state index in [2.05, 4.69) is 17.2 Å². The zero-order valence-electron chi connectivity index (χ0n) is 9.25. The maximum absolute atomic E-state index is 11.5. The normalized spacial score (nSPS) is 12.8. The molecule has 0 saturated carbocycles. The van der Waals surface area contributed by atoms with E-state index in [0.29, 0.717) is 6.42 Å². The van der Waals surface area contributed by atoms with Crippen LogP contribution in [0.2, 0.25) is 0 Å². The standard InChI is InChI=1S/C13H16N2O/c1-2-3-4-13(16)15-11-5-6-12-10(9-11)7-8-14-12/h2,5-6,9,14H,1,3-4,7-8H2,(H,15,16). The van der Waals surface area contributed by atoms with Gasteiger partial charge < -0.3 is 10.6 Å². The third-order valence-corrected chi connectivity index (χ3v) is 2.67. The van der Waals surface area contributed by atoms with Crippen LogP contribution in [0.25, 0.3) is 0 Å². The minimum atomic E-state index is 0.0470. The molecule has 0 spiro atoms. The molecule has 1 aliphatic heterocycles. The third-order valence-electron chi connectivity index (χ3n) is 2.67. The van der Waals surface area contributed by atoms with Gasteiger partial charge in [0.15, 0.2) is 0 Å². The first kappa shape index (κ1) is 10.7. The van der Waals surface area contributed by atoms with Crippen LogP contribution < -0.4 is 10.6 Å². The lowest BCUT2D eigenvalue weighted by atomic mass is 10.1. The van der Waals surface area contributed by atoms with Gasteiger partial charge in [0, 0.05) is 24.3 Å². The molecule has 1 amide bonds. The van der Waals surface area contributed by atoms with E-state index in [4.69, 9.17) is 0 Å². The Labute approximate surface area is 95.6 Å². The Bertz CT molecular complexity index is 412. The SMILES string of the molecule is C=CCCC(=O)Nc1ccc2c(c1)CCN2. The number of nitrogens with one attached hydrogen (secondary N) is 2. The lowest BCUT2D eigenvalue weighted by molar-refractivity contribution is -0.116. The second-order valence-electron chi connectivity index (χ2n) is 3.92. The van der Waals surface area contributed by atoms with Gasteiger partial charge in [-0.05, 0) is 36.6 Å². The summed E-state index contributed by atoms with van der Waals surface area (Å²) < 4.78 is 0. The first-order valence-corrected chi connectivity index (χ1v) is 5.57. The monoisotopic (exact) mass is 216 g/mol. The fraction of sp³-hybridized carbons (Fsp3) is 0.308. The van der Waals surface area contributed by atoms with Crippen molar-refractivity contribution in [2.24, 2.45) is 0 Å². The lowest BCUT2D eigenvalue weighted by Crippen LogP contribution is -2.10. The van der Waals surface area contributed by atoms with Crippen LogP contribution in [0.3, 0.4) is 0 Å². The Hall–Kier alpha value is -1.77. The van der Waals surface area contributed by atoms with Crippen LogP contribution in [0, 0.1) is 0 Å². The molecule has 0 fully saturated rings. The summed E-state index contributed by atoms with van der Waals surface area (Å²) in [6.45, 7) is 4.59. The minimum absolute atomic E-state index is 0.0470. The molecule has 0 saturated heterocycles. The number of allylic oxidation sites excluding steroid dienone is 1. The molecule has 1 heterocycles. The van der Waals surface area contributed by atoms with Crippen LogP contribution in [0.5, 0.6) is 0 Å². The molecular formula is C13H16N2O. The highest BCUT2D eigenvalue weighted by Crippen LogP contribution is 2.25.